The van der Waals surface area contributed by atoms with Gasteiger partial charge in [-0.3, -0.25) is 4.99 Å². The summed E-state index contributed by atoms with van der Waals surface area (Å²) in [6.07, 6.45) is 1.02. The van der Waals surface area contributed by atoms with Gasteiger partial charge in [0.1, 0.15) is 0 Å². The molecule has 1 saturated heterocycles. The lowest BCUT2D eigenvalue weighted by atomic mass is 10.2. The molecule has 1 heterocycles. The Morgan fingerprint density at radius 3 is 2.52 bits per heavy atom. The van der Waals surface area contributed by atoms with Crippen LogP contribution < -0.4 is 20.3 Å². The average molecular weight is 416 g/mol. The maximum atomic E-state index is 12.3. The van der Waals surface area contributed by atoms with E-state index in [2.05, 4.69) is 37.4 Å². The maximum absolute atomic E-state index is 12.3. The van der Waals surface area contributed by atoms with Crippen molar-refractivity contribution in [1.29, 1.82) is 0 Å². The van der Waals surface area contributed by atoms with E-state index in [1.807, 2.05) is 25.1 Å². The predicted octanol–water partition coefficient (Wildman–Crippen LogP) is 1.72. The molecule has 2 aromatic rings. The zero-order valence-electron chi connectivity index (χ0n) is 16.9. The van der Waals surface area contributed by atoms with Crippen LogP contribution in [0.15, 0.2) is 64.5 Å². The van der Waals surface area contributed by atoms with Crippen molar-refractivity contribution in [2.24, 2.45) is 4.99 Å². The highest BCUT2D eigenvalue weighted by molar-refractivity contribution is 7.89. The average Bonchev–Trinajstić information content (AvgIpc) is 3.20. The maximum Gasteiger partial charge on any atom is 0.240 e. The summed E-state index contributed by atoms with van der Waals surface area (Å²) in [4.78, 5) is 6.87. The SMILES string of the molecule is CN=C(NCCNS(=O)(=O)c1ccc(C)cc1)NC1CCN(c2ccccc2)C1. The number of aryl methyl sites for hydroxylation is 1. The number of guanidine groups is 1. The number of aliphatic imine (C=N–C) groups is 1. The topological polar surface area (TPSA) is 85.8 Å². The van der Waals surface area contributed by atoms with Crippen LogP contribution in [-0.4, -0.2) is 53.6 Å². The van der Waals surface area contributed by atoms with Crippen LogP contribution in [0.4, 0.5) is 5.69 Å². The fourth-order valence-corrected chi connectivity index (χ4v) is 4.34. The van der Waals surface area contributed by atoms with Gasteiger partial charge >= 0.3 is 0 Å². The molecule has 0 radical (unpaired) electrons. The normalized spacial score (nSPS) is 17.4. The molecule has 0 saturated carbocycles. The minimum Gasteiger partial charge on any atom is -0.369 e. The van der Waals surface area contributed by atoms with Crippen molar-refractivity contribution >= 4 is 21.7 Å². The highest BCUT2D eigenvalue weighted by atomic mass is 32.2. The second-order valence-electron chi connectivity index (χ2n) is 7.12. The van der Waals surface area contributed by atoms with Gasteiger partial charge in [0.15, 0.2) is 5.96 Å². The summed E-state index contributed by atoms with van der Waals surface area (Å²) in [7, 11) is -1.78. The molecule has 1 fully saturated rings. The molecule has 156 valence electrons. The molecule has 1 unspecified atom stereocenters. The summed E-state index contributed by atoms with van der Waals surface area (Å²) in [5, 5.41) is 6.60. The summed E-state index contributed by atoms with van der Waals surface area (Å²) in [6, 6.07) is 17.5. The first-order valence-corrected chi connectivity index (χ1v) is 11.3. The second-order valence-corrected chi connectivity index (χ2v) is 8.89. The van der Waals surface area contributed by atoms with Gasteiger partial charge in [-0.25, -0.2) is 13.1 Å². The van der Waals surface area contributed by atoms with E-state index in [4.69, 9.17) is 0 Å². The standard InChI is InChI=1S/C21H29N5O2S/c1-17-8-10-20(11-9-17)29(27,28)24-14-13-23-21(22-2)25-18-12-15-26(16-18)19-6-4-3-5-7-19/h3-11,18,24H,12-16H2,1-2H3,(H2,22,23,25). The third-order valence-electron chi connectivity index (χ3n) is 4.91. The van der Waals surface area contributed by atoms with Crippen LogP contribution in [0.25, 0.3) is 0 Å². The van der Waals surface area contributed by atoms with E-state index < -0.39 is 10.0 Å². The van der Waals surface area contributed by atoms with Crippen LogP contribution in [0.1, 0.15) is 12.0 Å². The second kappa shape index (κ2) is 9.76. The molecule has 0 amide bonds. The zero-order valence-corrected chi connectivity index (χ0v) is 17.7. The molecule has 0 spiro atoms. The van der Waals surface area contributed by atoms with Gasteiger partial charge < -0.3 is 15.5 Å². The van der Waals surface area contributed by atoms with Gasteiger partial charge in [0.05, 0.1) is 4.90 Å². The monoisotopic (exact) mass is 415 g/mol. The van der Waals surface area contributed by atoms with Gasteiger partial charge in [-0.1, -0.05) is 35.9 Å². The lowest BCUT2D eigenvalue weighted by Crippen LogP contribution is -2.46. The lowest BCUT2D eigenvalue weighted by molar-refractivity contribution is 0.579. The highest BCUT2D eigenvalue weighted by Crippen LogP contribution is 2.19. The van der Waals surface area contributed by atoms with Gasteiger partial charge in [-0.15, -0.1) is 0 Å². The first-order valence-electron chi connectivity index (χ1n) is 9.81. The Bertz CT molecular complexity index is 914. The van der Waals surface area contributed by atoms with Gasteiger partial charge in [0, 0.05) is 45.0 Å². The molecule has 0 aliphatic carbocycles. The number of nitrogens with one attached hydrogen (secondary N) is 3. The molecule has 29 heavy (non-hydrogen) atoms. The smallest absolute Gasteiger partial charge is 0.240 e. The number of hydrogen-bond acceptors (Lipinski definition) is 4. The third-order valence-corrected chi connectivity index (χ3v) is 6.39. The Kier molecular flexibility index (Phi) is 7.11. The summed E-state index contributed by atoms with van der Waals surface area (Å²) >= 11 is 0. The van der Waals surface area contributed by atoms with E-state index in [0.29, 0.717) is 18.5 Å². The fourth-order valence-electron chi connectivity index (χ4n) is 3.31. The lowest BCUT2D eigenvalue weighted by Gasteiger charge is -2.20. The Morgan fingerprint density at radius 1 is 1.10 bits per heavy atom. The minimum absolute atomic E-state index is 0.276. The molecule has 7 nitrogen and oxygen atoms in total. The van der Waals surface area contributed by atoms with Crippen molar-refractivity contribution in [2.45, 2.75) is 24.3 Å². The van der Waals surface area contributed by atoms with Crippen LogP contribution >= 0.6 is 0 Å². The van der Waals surface area contributed by atoms with Crippen molar-refractivity contribution in [3.8, 4) is 0 Å². The molecule has 1 aliphatic rings. The summed E-state index contributed by atoms with van der Waals surface area (Å²) in [5.41, 5.74) is 2.25. The van der Waals surface area contributed by atoms with Gasteiger partial charge in [0.25, 0.3) is 0 Å². The number of sulfonamides is 1. The molecule has 1 aliphatic heterocycles. The first-order chi connectivity index (χ1) is 14.0. The van der Waals surface area contributed by atoms with Crippen molar-refractivity contribution in [3.05, 3.63) is 60.2 Å². The summed E-state index contributed by atoms with van der Waals surface area (Å²) < 4.78 is 27.2. The largest absolute Gasteiger partial charge is 0.369 e. The molecule has 2 aromatic carbocycles. The highest BCUT2D eigenvalue weighted by Gasteiger charge is 2.23. The Labute approximate surface area is 173 Å². The van der Waals surface area contributed by atoms with E-state index >= 15 is 0 Å². The molecule has 8 heteroatoms. The van der Waals surface area contributed by atoms with Crippen molar-refractivity contribution in [3.63, 3.8) is 0 Å². The van der Waals surface area contributed by atoms with E-state index in [-0.39, 0.29) is 11.4 Å². The van der Waals surface area contributed by atoms with E-state index in [1.165, 1.54) is 5.69 Å². The summed E-state index contributed by atoms with van der Waals surface area (Å²) in [6.45, 7) is 4.55. The molecule has 3 rings (SSSR count). The molecule has 1 atom stereocenters. The van der Waals surface area contributed by atoms with Gasteiger partial charge in [-0.05, 0) is 37.6 Å². The van der Waals surface area contributed by atoms with E-state index in [1.54, 1.807) is 31.3 Å². The van der Waals surface area contributed by atoms with E-state index in [0.717, 1.165) is 25.1 Å². The van der Waals surface area contributed by atoms with Crippen molar-refractivity contribution in [2.75, 3.05) is 38.1 Å². The van der Waals surface area contributed by atoms with Crippen LogP contribution in [0.3, 0.4) is 0 Å². The van der Waals surface area contributed by atoms with Gasteiger partial charge in [0.2, 0.25) is 10.0 Å². The van der Waals surface area contributed by atoms with Crippen molar-refractivity contribution < 1.29 is 8.42 Å². The minimum atomic E-state index is -3.50. The van der Waals surface area contributed by atoms with Crippen LogP contribution in [0.5, 0.6) is 0 Å². The number of hydrogen-bond donors (Lipinski definition) is 3. The number of benzene rings is 2. The first kappa shape index (κ1) is 21.1. The summed E-state index contributed by atoms with van der Waals surface area (Å²) in [5.74, 6) is 0.680. The Morgan fingerprint density at radius 2 is 1.83 bits per heavy atom. The van der Waals surface area contributed by atoms with Crippen LogP contribution in [0.2, 0.25) is 0 Å². The molecule has 3 N–H and O–H groups in total. The molecule has 0 bridgehead atoms. The Hall–Kier alpha value is -2.58. The number of nitrogens with zero attached hydrogens (tertiary/aromatic N) is 2. The molecular formula is C21H29N5O2S. The van der Waals surface area contributed by atoms with E-state index in [9.17, 15) is 8.42 Å². The zero-order chi connectivity index (χ0) is 20.7. The van der Waals surface area contributed by atoms with Crippen LogP contribution in [-0.2, 0) is 10.0 Å². The predicted molar refractivity (Wildman–Crippen MR) is 118 cm³/mol. The number of rotatable bonds is 7. The Balaban J connectivity index is 1.42. The fraction of sp³-hybridized carbons (Fsp3) is 0.381. The molecular weight excluding hydrogens is 386 g/mol. The third kappa shape index (κ3) is 5.95. The number of anilines is 1. The van der Waals surface area contributed by atoms with Crippen LogP contribution in [0, 0.1) is 6.92 Å². The molecule has 0 aromatic heterocycles. The number of para-hydroxylation sites is 1. The van der Waals surface area contributed by atoms with Crippen molar-refractivity contribution in [1.82, 2.24) is 15.4 Å². The van der Waals surface area contributed by atoms with Gasteiger partial charge in [-0.2, -0.15) is 0 Å². The quantitative estimate of drug-likeness (QED) is 0.364.